The van der Waals surface area contributed by atoms with Crippen molar-refractivity contribution in [3.8, 4) is 0 Å². The first-order valence-electron chi connectivity index (χ1n) is 7.74. The van der Waals surface area contributed by atoms with Crippen LogP contribution in [0.4, 0.5) is 36.7 Å². The van der Waals surface area contributed by atoms with E-state index in [1.165, 1.54) is 0 Å². The molecule has 1 aliphatic heterocycles. The number of aliphatic hydroxyl groups excluding tert-OH is 2. The summed E-state index contributed by atoms with van der Waals surface area (Å²) in [4.78, 5) is 19.5. The predicted molar refractivity (Wildman–Crippen MR) is 79.1 cm³/mol. The fourth-order valence-electron chi connectivity index (χ4n) is 2.95. The minimum Gasteiger partial charge on any atom is -0.385 e. The number of aromatic nitrogens is 4. The molecule has 3 rings (SSSR count). The van der Waals surface area contributed by atoms with Crippen LogP contribution in [-0.2, 0) is 11.3 Å². The number of fused-ring (bicyclic) bond motifs is 1. The van der Waals surface area contributed by atoms with Gasteiger partial charge in [0.25, 0.3) is 0 Å². The number of aliphatic hydroxyl groups is 2. The summed E-state index contributed by atoms with van der Waals surface area (Å²) in [7, 11) is 0. The number of hydrogen-bond acceptors (Lipinski definition) is 7. The lowest BCUT2D eigenvalue weighted by molar-refractivity contribution is -0.241. The highest BCUT2D eigenvalue weighted by molar-refractivity contribution is 5.72. The fourth-order valence-corrected chi connectivity index (χ4v) is 2.95. The van der Waals surface area contributed by atoms with E-state index >= 15 is 0 Å². The molecule has 2 aromatic heterocycles. The molecule has 4 N–H and O–H groups in total. The van der Waals surface area contributed by atoms with E-state index < -0.39 is 72.4 Å². The van der Waals surface area contributed by atoms with Gasteiger partial charge in [-0.3, -0.25) is 4.57 Å². The van der Waals surface area contributed by atoms with Crippen LogP contribution in [0.25, 0.3) is 11.2 Å². The second kappa shape index (κ2) is 6.81. The number of rotatable bonds is 3. The van der Waals surface area contributed by atoms with Gasteiger partial charge in [-0.05, 0) is 0 Å². The molecule has 9 nitrogen and oxygen atoms in total. The smallest absolute Gasteiger partial charge is 0.385 e. The average molecular weight is 435 g/mol. The first-order chi connectivity index (χ1) is 13.2. The highest BCUT2D eigenvalue weighted by Crippen LogP contribution is 2.38. The van der Waals surface area contributed by atoms with Crippen molar-refractivity contribution in [1.29, 1.82) is 0 Å². The van der Waals surface area contributed by atoms with Crippen LogP contribution in [0, 0.1) is 0 Å². The van der Waals surface area contributed by atoms with Crippen LogP contribution >= 0.6 is 0 Å². The molecule has 16 heteroatoms. The summed E-state index contributed by atoms with van der Waals surface area (Å²) in [5, 5.41) is 19.2. The van der Waals surface area contributed by atoms with E-state index in [2.05, 4.69) is 9.97 Å². The number of halogens is 7. The van der Waals surface area contributed by atoms with Crippen LogP contribution < -0.4 is 11.4 Å². The van der Waals surface area contributed by atoms with Gasteiger partial charge in [0.05, 0.1) is 6.20 Å². The van der Waals surface area contributed by atoms with Crippen molar-refractivity contribution in [2.75, 3.05) is 5.73 Å². The monoisotopic (exact) mass is 435 g/mol. The zero-order valence-corrected chi connectivity index (χ0v) is 13.9. The summed E-state index contributed by atoms with van der Waals surface area (Å²) in [5.74, 6) is -0.522. The largest absolute Gasteiger partial charge is 0.417 e. The second-order valence-electron chi connectivity index (χ2n) is 6.20. The Kier molecular flexibility index (Phi) is 4.99. The Balaban J connectivity index is 2.13. The summed E-state index contributed by atoms with van der Waals surface area (Å²) in [5.41, 5.74) is 2.65. The van der Waals surface area contributed by atoms with E-state index in [0.29, 0.717) is 0 Å². The van der Waals surface area contributed by atoms with Crippen molar-refractivity contribution in [1.82, 2.24) is 19.1 Å². The molecule has 1 unspecified atom stereocenters. The van der Waals surface area contributed by atoms with E-state index in [1.54, 1.807) is 0 Å². The first kappa shape index (κ1) is 21.3. The normalized spacial score (nSPS) is 26.9. The number of ether oxygens (including phenoxy) is 1. The summed E-state index contributed by atoms with van der Waals surface area (Å²) in [6.07, 6.45) is -22.9. The van der Waals surface area contributed by atoms with Crippen LogP contribution in [0.5, 0.6) is 0 Å². The molecule has 0 bridgehead atoms. The molecule has 0 spiro atoms. The number of anilines is 1. The van der Waals surface area contributed by atoms with Crippen LogP contribution in [0.1, 0.15) is 6.23 Å². The van der Waals surface area contributed by atoms with E-state index in [-0.39, 0.29) is 9.13 Å². The standard InChI is InChI=1S/C13H12F7N5O4/c14-4-5(26)9(29-6(4)7(27)13(18,19)20)25-8-3(1-22-10(21)23-8)24(11(25)28)2-12(15,16)17/h1,4-7,9,26-27H,2H2,(H2,21,22,23)/t4-,5-,6+,7?,9-/m1/s1. The van der Waals surface area contributed by atoms with E-state index in [9.17, 15) is 45.7 Å². The zero-order valence-electron chi connectivity index (χ0n) is 13.9. The third kappa shape index (κ3) is 3.74. The zero-order chi connectivity index (χ0) is 21.9. The Morgan fingerprint density at radius 1 is 1.28 bits per heavy atom. The Morgan fingerprint density at radius 3 is 2.45 bits per heavy atom. The second-order valence-corrected chi connectivity index (χ2v) is 6.20. The molecule has 0 radical (unpaired) electrons. The lowest BCUT2D eigenvalue weighted by Crippen LogP contribution is -2.44. The Morgan fingerprint density at radius 2 is 1.90 bits per heavy atom. The molecule has 0 amide bonds. The maximum atomic E-state index is 14.2. The molecule has 162 valence electrons. The van der Waals surface area contributed by atoms with Gasteiger partial charge in [-0.1, -0.05) is 0 Å². The SMILES string of the molecule is Nc1ncc2c(n1)n([C@@H]1O[C@H](C(O)C(F)(F)F)[C@H](F)[C@H]1O)c(=O)n2CC(F)(F)F. The number of imidazole rings is 1. The van der Waals surface area contributed by atoms with Crippen molar-refractivity contribution in [2.24, 2.45) is 0 Å². The van der Waals surface area contributed by atoms with Crippen molar-refractivity contribution < 1.29 is 45.7 Å². The minimum atomic E-state index is -5.33. The highest BCUT2D eigenvalue weighted by atomic mass is 19.4. The maximum absolute atomic E-state index is 14.2. The lowest BCUT2D eigenvalue weighted by Gasteiger charge is -2.22. The third-order valence-corrected chi connectivity index (χ3v) is 4.19. The quantitative estimate of drug-likeness (QED) is 0.590. The predicted octanol–water partition coefficient (Wildman–Crippen LogP) is 0.257. The van der Waals surface area contributed by atoms with E-state index in [0.717, 1.165) is 6.20 Å². The van der Waals surface area contributed by atoms with Gasteiger partial charge < -0.3 is 20.7 Å². The van der Waals surface area contributed by atoms with Crippen LogP contribution in [0.3, 0.4) is 0 Å². The third-order valence-electron chi connectivity index (χ3n) is 4.19. The van der Waals surface area contributed by atoms with E-state index in [1.807, 2.05) is 0 Å². The number of hydrogen-bond donors (Lipinski definition) is 3. The van der Waals surface area contributed by atoms with Crippen LogP contribution in [0.15, 0.2) is 11.0 Å². The molecular formula is C13H12F7N5O4. The molecule has 0 aromatic carbocycles. The molecule has 1 aliphatic rings. The van der Waals surface area contributed by atoms with Crippen LogP contribution in [-0.4, -0.2) is 66.2 Å². The molecule has 0 aliphatic carbocycles. The highest BCUT2D eigenvalue weighted by Gasteiger charge is 2.56. The summed E-state index contributed by atoms with van der Waals surface area (Å²) in [6.45, 7) is -1.83. The molecule has 1 fully saturated rings. The molecule has 2 aromatic rings. The lowest BCUT2D eigenvalue weighted by atomic mass is 10.1. The molecular weight excluding hydrogens is 423 g/mol. The van der Waals surface area contributed by atoms with Crippen molar-refractivity contribution in [3.05, 3.63) is 16.7 Å². The van der Waals surface area contributed by atoms with E-state index in [4.69, 9.17) is 10.5 Å². The topological polar surface area (TPSA) is 128 Å². The van der Waals surface area contributed by atoms with Crippen LogP contribution in [0.2, 0.25) is 0 Å². The molecule has 3 heterocycles. The van der Waals surface area contributed by atoms with Gasteiger partial charge in [-0.2, -0.15) is 31.3 Å². The van der Waals surface area contributed by atoms with Gasteiger partial charge in [0.15, 0.2) is 24.2 Å². The Bertz CT molecular complexity index is 971. The van der Waals surface area contributed by atoms with Gasteiger partial charge in [-0.25, -0.2) is 18.7 Å². The number of nitrogens with two attached hydrogens (primary N) is 1. The Hall–Kier alpha value is -2.46. The molecule has 5 atom stereocenters. The number of nitrogens with zero attached hydrogens (tertiary/aromatic N) is 4. The van der Waals surface area contributed by atoms with Gasteiger partial charge in [0.2, 0.25) is 5.95 Å². The number of nitrogen functional groups attached to an aromatic ring is 1. The maximum Gasteiger partial charge on any atom is 0.417 e. The van der Waals surface area contributed by atoms with Crippen molar-refractivity contribution >= 4 is 17.1 Å². The average Bonchev–Trinajstić information content (AvgIpc) is 3.00. The molecule has 29 heavy (non-hydrogen) atoms. The molecule has 0 saturated carbocycles. The van der Waals surface area contributed by atoms with Gasteiger partial charge in [0, 0.05) is 0 Å². The number of alkyl halides is 7. The van der Waals surface area contributed by atoms with Crippen molar-refractivity contribution in [2.45, 2.75) is 49.6 Å². The fraction of sp³-hybridized carbons (Fsp3) is 0.615. The molecule has 1 saturated heterocycles. The minimum absolute atomic E-state index is 0.117. The first-order valence-corrected chi connectivity index (χ1v) is 7.74. The van der Waals surface area contributed by atoms with Gasteiger partial charge in [-0.15, -0.1) is 0 Å². The van der Waals surface area contributed by atoms with Gasteiger partial charge >= 0.3 is 18.0 Å². The summed E-state index contributed by atoms with van der Waals surface area (Å²) < 4.78 is 95.8. The van der Waals surface area contributed by atoms with Gasteiger partial charge in [0.1, 0.15) is 24.3 Å². The van der Waals surface area contributed by atoms with Crippen molar-refractivity contribution in [3.63, 3.8) is 0 Å². The summed E-state index contributed by atoms with van der Waals surface area (Å²) in [6, 6.07) is 0. The Labute approximate surface area is 155 Å². The summed E-state index contributed by atoms with van der Waals surface area (Å²) >= 11 is 0.